The molecule has 0 unspecified atom stereocenters. The lowest BCUT2D eigenvalue weighted by Gasteiger charge is -2.32. The highest BCUT2D eigenvalue weighted by molar-refractivity contribution is 6.21. The van der Waals surface area contributed by atoms with E-state index in [1.54, 1.807) is 0 Å². The van der Waals surface area contributed by atoms with Gasteiger partial charge in [-0.25, -0.2) is 0 Å². The van der Waals surface area contributed by atoms with Crippen LogP contribution in [0.4, 0.5) is 0 Å². The number of carbonyl (C=O) groups is 1. The van der Waals surface area contributed by atoms with Crippen LogP contribution in [0.5, 0.6) is 0 Å². The first-order chi connectivity index (χ1) is 7.77. The molecule has 9 heteroatoms. The van der Waals surface area contributed by atoms with Crippen molar-refractivity contribution in [3.8, 4) is 0 Å². The molecule has 1 rings (SSSR count). The van der Waals surface area contributed by atoms with Gasteiger partial charge < -0.3 is 5.11 Å². The van der Waals surface area contributed by atoms with Crippen LogP contribution in [0.2, 0.25) is 0 Å². The molecule has 0 spiro atoms. The maximum atomic E-state index is 10.9. The molecule has 0 bridgehead atoms. The Morgan fingerprint density at radius 2 is 1.88 bits per heavy atom. The van der Waals surface area contributed by atoms with Crippen molar-refractivity contribution in [3.05, 3.63) is 20.2 Å². The minimum Gasteiger partial charge on any atom is -0.481 e. The van der Waals surface area contributed by atoms with E-state index in [4.69, 9.17) is 16.7 Å². The molecule has 0 aromatic rings. The Balaban J connectivity index is 3.07. The molecule has 0 saturated heterocycles. The van der Waals surface area contributed by atoms with E-state index < -0.39 is 45.1 Å². The summed E-state index contributed by atoms with van der Waals surface area (Å²) in [5, 5.41) is 29.1. The van der Waals surface area contributed by atoms with Crippen molar-refractivity contribution < 1.29 is 19.7 Å². The lowest BCUT2D eigenvalue weighted by atomic mass is 9.74. The maximum absolute atomic E-state index is 10.9. The molecule has 0 aromatic carbocycles. The largest absolute Gasteiger partial charge is 0.481 e. The SMILES string of the molecule is C[C@H]1[C@@H]([N+](=O)[O-])[C@@H](Cl)[C@@H]([N+](=O)[O-])C[C@H]1C(=O)O. The Labute approximate surface area is 101 Å². The molecule has 5 atom stereocenters. The van der Waals surface area contributed by atoms with Crippen LogP contribution >= 0.6 is 11.6 Å². The number of carboxylic acid groups (broad SMARTS) is 1. The molecule has 1 aliphatic carbocycles. The summed E-state index contributed by atoms with van der Waals surface area (Å²) in [6.07, 6.45) is -0.276. The second-order valence-electron chi connectivity index (χ2n) is 4.11. The topological polar surface area (TPSA) is 124 Å². The van der Waals surface area contributed by atoms with Crippen molar-refractivity contribution in [1.82, 2.24) is 0 Å². The highest BCUT2D eigenvalue weighted by Crippen LogP contribution is 2.36. The average molecular weight is 267 g/mol. The van der Waals surface area contributed by atoms with Gasteiger partial charge in [-0.15, -0.1) is 11.6 Å². The third-order valence-electron chi connectivity index (χ3n) is 3.19. The molecule has 1 saturated carbocycles. The smallest absolute Gasteiger partial charge is 0.307 e. The number of hydrogen-bond acceptors (Lipinski definition) is 5. The van der Waals surface area contributed by atoms with Gasteiger partial charge in [-0.2, -0.15) is 0 Å². The molecule has 17 heavy (non-hydrogen) atoms. The van der Waals surface area contributed by atoms with Gasteiger partial charge in [0.15, 0.2) is 5.38 Å². The molecular weight excluding hydrogens is 256 g/mol. The molecule has 1 aliphatic rings. The van der Waals surface area contributed by atoms with Gasteiger partial charge in [0.25, 0.3) is 0 Å². The summed E-state index contributed by atoms with van der Waals surface area (Å²) in [6.45, 7) is 1.39. The van der Waals surface area contributed by atoms with E-state index in [1.807, 2.05) is 0 Å². The van der Waals surface area contributed by atoms with Crippen LogP contribution in [-0.4, -0.2) is 38.4 Å². The predicted octanol–water partition coefficient (Wildman–Crippen LogP) is 0.625. The number of hydrogen-bond donors (Lipinski definition) is 1. The fraction of sp³-hybridized carbons (Fsp3) is 0.875. The standard InChI is InChI=1S/C8H11ClN2O6/c1-3-4(8(12)13)2-5(10(14)15)6(9)7(3)11(16)17/h3-7H,2H2,1H3,(H,12,13)/t3-,4-,5+,6+,7-/m1/s1. The van der Waals surface area contributed by atoms with E-state index in [0.29, 0.717) is 0 Å². The van der Waals surface area contributed by atoms with Crippen molar-refractivity contribution in [2.45, 2.75) is 30.8 Å². The Morgan fingerprint density at radius 3 is 2.24 bits per heavy atom. The van der Waals surface area contributed by atoms with Gasteiger partial charge in [0.05, 0.1) is 5.92 Å². The first-order valence-corrected chi connectivity index (χ1v) is 5.34. The molecule has 0 aliphatic heterocycles. The van der Waals surface area contributed by atoms with Gasteiger partial charge in [0.1, 0.15) is 0 Å². The minimum atomic E-state index is -1.41. The zero-order valence-electron chi connectivity index (χ0n) is 8.85. The van der Waals surface area contributed by atoms with Crippen LogP contribution < -0.4 is 0 Å². The Kier molecular flexibility index (Phi) is 3.87. The zero-order valence-corrected chi connectivity index (χ0v) is 9.61. The Bertz CT molecular complexity index is 336. The van der Waals surface area contributed by atoms with E-state index in [1.165, 1.54) is 6.92 Å². The highest BCUT2D eigenvalue weighted by atomic mass is 35.5. The molecule has 0 amide bonds. The molecule has 0 heterocycles. The van der Waals surface area contributed by atoms with Gasteiger partial charge in [-0.1, -0.05) is 6.92 Å². The van der Waals surface area contributed by atoms with Crippen LogP contribution in [0, 0.1) is 32.1 Å². The molecule has 96 valence electrons. The average Bonchev–Trinajstić information content (AvgIpc) is 2.15. The second-order valence-corrected chi connectivity index (χ2v) is 4.62. The van der Waals surface area contributed by atoms with Gasteiger partial charge in [0, 0.05) is 22.2 Å². The monoisotopic (exact) mass is 266 g/mol. The minimum absolute atomic E-state index is 0.276. The van der Waals surface area contributed by atoms with Crippen molar-refractivity contribution in [2.75, 3.05) is 0 Å². The van der Waals surface area contributed by atoms with Crippen LogP contribution in [-0.2, 0) is 4.79 Å². The lowest BCUT2D eigenvalue weighted by Crippen LogP contribution is -2.54. The first-order valence-electron chi connectivity index (χ1n) is 4.91. The number of nitro groups is 2. The predicted molar refractivity (Wildman–Crippen MR) is 56.1 cm³/mol. The van der Waals surface area contributed by atoms with Crippen molar-refractivity contribution in [2.24, 2.45) is 11.8 Å². The van der Waals surface area contributed by atoms with Crippen LogP contribution in [0.3, 0.4) is 0 Å². The maximum Gasteiger partial charge on any atom is 0.307 e. The summed E-state index contributed by atoms with van der Waals surface area (Å²) in [5.74, 6) is -3.21. The quantitative estimate of drug-likeness (QED) is 0.454. The fourth-order valence-corrected chi connectivity index (χ4v) is 2.71. The summed E-state index contributed by atoms with van der Waals surface area (Å²) >= 11 is 5.73. The van der Waals surface area contributed by atoms with E-state index >= 15 is 0 Å². The molecule has 0 aromatic heterocycles. The highest BCUT2D eigenvalue weighted by Gasteiger charge is 2.55. The zero-order chi connectivity index (χ0) is 13.3. The van der Waals surface area contributed by atoms with Crippen LogP contribution in [0.1, 0.15) is 13.3 Å². The summed E-state index contributed by atoms with van der Waals surface area (Å²) in [7, 11) is 0. The van der Waals surface area contributed by atoms with Crippen LogP contribution in [0.25, 0.3) is 0 Å². The van der Waals surface area contributed by atoms with Crippen molar-refractivity contribution in [3.63, 3.8) is 0 Å². The first kappa shape index (κ1) is 13.6. The lowest BCUT2D eigenvalue weighted by molar-refractivity contribution is -0.574. The number of rotatable bonds is 3. The number of nitrogens with zero attached hydrogens (tertiary/aromatic N) is 2. The molecule has 0 radical (unpaired) electrons. The van der Waals surface area contributed by atoms with E-state index in [-0.39, 0.29) is 6.42 Å². The van der Waals surface area contributed by atoms with Crippen molar-refractivity contribution in [1.29, 1.82) is 0 Å². The summed E-state index contributed by atoms with van der Waals surface area (Å²) in [4.78, 5) is 31.0. The van der Waals surface area contributed by atoms with Crippen molar-refractivity contribution >= 4 is 17.6 Å². The summed E-state index contributed by atoms with van der Waals surface area (Å²) in [6, 6.07) is -2.81. The van der Waals surface area contributed by atoms with Gasteiger partial charge >= 0.3 is 5.97 Å². The van der Waals surface area contributed by atoms with Crippen LogP contribution in [0.15, 0.2) is 0 Å². The normalized spacial score (nSPS) is 37.4. The summed E-state index contributed by atoms with van der Waals surface area (Å²) in [5.41, 5.74) is 0. The summed E-state index contributed by atoms with van der Waals surface area (Å²) < 4.78 is 0. The van der Waals surface area contributed by atoms with E-state index in [2.05, 4.69) is 0 Å². The van der Waals surface area contributed by atoms with Gasteiger partial charge in [-0.3, -0.25) is 25.0 Å². The van der Waals surface area contributed by atoms with Gasteiger partial charge in [-0.05, 0) is 0 Å². The second kappa shape index (κ2) is 4.82. The number of aliphatic carboxylic acids is 1. The number of alkyl halides is 1. The number of carboxylic acids is 1. The molecule has 1 N–H and O–H groups in total. The number of halogens is 1. The Hall–Kier alpha value is -1.44. The molecular formula is C8H11ClN2O6. The van der Waals surface area contributed by atoms with E-state index in [9.17, 15) is 25.0 Å². The van der Waals surface area contributed by atoms with Gasteiger partial charge in [0.2, 0.25) is 12.1 Å². The van der Waals surface area contributed by atoms with E-state index in [0.717, 1.165) is 0 Å². The third-order valence-corrected chi connectivity index (χ3v) is 3.74. The Morgan fingerprint density at radius 1 is 1.35 bits per heavy atom. The fourth-order valence-electron chi connectivity index (χ4n) is 2.20. The molecule has 8 nitrogen and oxygen atoms in total. The molecule has 1 fully saturated rings. The third kappa shape index (κ3) is 2.46.